The Bertz CT molecular complexity index is 1010. The molecule has 0 aromatic rings. The zero-order valence-electron chi connectivity index (χ0n) is 36.5. The number of hydrogen-bond donors (Lipinski definition) is 9. The average Bonchev–Trinajstić information content (AvgIpc) is 3.19. The molecular weight excluding hydrogens is 765 g/mol. The fourth-order valence-corrected chi connectivity index (χ4v) is 8.80. The summed E-state index contributed by atoms with van der Waals surface area (Å²) < 4.78 is 22.9. The SMILES string of the molecule is CCCCCCCCCCCCCCCCCCCC(O)CC(=O)NC(COP(=O)(O)OC1C(O)C(O)C(O)C(O)C1O)C(O)CCCCCCCCCCCCC. The first-order valence-electron chi connectivity index (χ1n) is 23.6. The molecule has 8 atom stereocenters. The molecule has 1 amide bonds. The number of nitrogens with one attached hydrogen (secondary N) is 1. The highest BCUT2D eigenvalue weighted by Crippen LogP contribution is 2.47. The minimum absolute atomic E-state index is 0.216. The lowest BCUT2D eigenvalue weighted by atomic mass is 9.85. The predicted molar refractivity (Wildman–Crippen MR) is 229 cm³/mol. The molecule has 0 saturated heterocycles. The number of aliphatic hydroxyl groups is 7. The molecule has 13 nitrogen and oxygen atoms in total. The van der Waals surface area contributed by atoms with Gasteiger partial charge in [-0.05, 0) is 12.8 Å². The Kier molecular flexibility index (Phi) is 33.2. The van der Waals surface area contributed by atoms with E-state index in [0.717, 1.165) is 51.4 Å². The van der Waals surface area contributed by atoms with Crippen LogP contribution in [0.4, 0.5) is 0 Å². The number of phosphoric ester groups is 1. The molecule has 14 heteroatoms. The Morgan fingerprint density at radius 1 is 0.534 bits per heavy atom. The standard InChI is InChI=1S/C44H88NO12P/c1-3-5-7-9-11-13-15-16-17-18-19-20-22-23-25-27-29-31-35(46)33-38(48)45-36(37(47)32-30-28-26-24-21-14-12-10-8-6-4-2)34-56-58(54,55)57-44-42(52)40(50)39(49)41(51)43(44)53/h35-37,39-44,46-47,49-53H,3-34H2,1-2H3,(H,45,48)(H,54,55). The van der Waals surface area contributed by atoms with Gasteiger partial charge in [0.05, 0.1) is 31.3 Å². The first-order chi connectivity index (χ1) is 27.8. The third kappa shape index (κ3) is 26.6. The van der Waals surface area contributed by atoms with Gasteiger partial charge in [0.15, 0.2) is 0 Å². The minimum Gasteiger partial charge on any atom is -0.393 e. The summed E-state index contributed by atoms with van der Waals surface area (Å²) in [6.07, 6.45) is 20.2. The topological polar surface area (TPSA) is 226 Å². The van der Waals surface area contributed by atoms with Crippen LogP contribution in [0.25, 0.3) is 0 Å². The van der Waals surface area contributed by atoms with E-state index in [1.54, 1.807) is 0 Å². The second-order valence-corrected chi connectivity index (χ2v) is 18.6. The van der Waals surface area contributed by atoms with Crippen LogP contribution in [0.2, 0.25) is 0 Å². The van der Waals surface area contributed by atoms with Gasteiger partial charge in [-0.1, -0.05) is 194 Å². The Hall–Kier alpha value is -0.700. The number of rotatable bonds is 39. The molecule has 9 N–H and O–H groups in total. The van der Waals surface area contributed by atoms with Crippen LogP contribution in [-0.2, 0) is 18.4 Å². The van der Waals surface area contributed by atoms with Crippen LogP contribution in [0.1, 0.15) is 213 Å². The largest absolute Gasteiger partial charge is 0.472 e. The van der Waals surface area contributed by atoms with Crippen LogP contribution in [-0.4, -0.2) is 108 Å². The molecule has 0 spiro atoms. The molecule has 1 aliphatic carbocycles. The third-order valence-electron chi connectivity index (χ3n) is 11.7. The average molecular weight is 854 g/mol. The Morgan fingerprint density at radius 3 is 1.24 bits per heavy atom. The van der Waals surface area contributed by atoms with E-state index >= 15 is 0 Å². The number of hydrogen-bond acceptors (Lipinski definition) is 11. The van der Waals surface area contributed by atoms with E-state index in [4.69, 9.17) is 9.05 Å². The van der Waals surface area contributed by atoms with E-state index in [-0.39, 0.29) is 12.8 Å². The van der Waals surface area contributed by atoms with E-state index in [2.05, 4.69) is 19.2 Å². The lowest BCUT2D eigenvalue weighted by Gasteiger charge is -2.41. The smallest absolute Gasteiger partial charge is 0.393 e. The summed E-state index contributed by atoms with van der Waals surface area (Å²) in [5, 5.41) is 74.5. The summed E-state index contributed by atoms with van der Waals surface area (Å²) in [5.74, 6) is -0.557. The second kappa shape index (κ2) is 34.8. The van der Waals surface area contributed by atoms with Gasteiger partial charge < -0.3 is 46.0 Å². The summed E-state index contributed by atoms with van der Waals surface area (Å²) in [6.45, 7) is 3.78. The molecule has 0 bridgehead atoms. The van der Waals surface area contributed by atoms with Gasteiger partial charge in [0.2, 0.25) is 5.91 Å². The Labute approximate surface area is 351 Å². The van der Waals surface area contributed by atoms with Gasteiger partial charge in [0.1, 0.15) is 36.6 Å². The highest BCUT2D eigenvalue weighted by molar-refractivity contribution is 7.47. The maximum atomic E-state index is 13.0. The number of aliphatic hydroxyl groups excluding tert-OH is 7. The number of carbonyl (C=O) groups is 1. The molecule has 0 aromatic carbocycles. The highest BCUT2D eigenvalue weighted by atomic mass is 31.2. The van der Waals surface area contributed by atoms with Crippen LogP contribution >= 0.6 is 7.82 Å². The number of amides is 1. The monoisotopic (exact) mass is 854 g/mol. The van der Waals surface area contributed by atoms with Crippen molar-refractivity contribution < 1.29 is 59.0 Å². The Morgan fingerprint density at radius 2 is 0.862 bits per heavy atom. The first kappa shape index (κ1) is 55.3. The zero-order valence-corrected chi connectivity index (χ0v) is 37.4. The van der Waals surface area contributed by atoms with Crippen molar-refractivity contribution in [3.63, 3.8) is 0 Å². The molecule has 1 aliphatic rings. The van der Waals surface area contributed by atoms with Crippen molar-refractivity contribution in [1.29, 1.82) is 0 Å². The fraction of sp³-hybridized carbons (Fsp3) is 0.977. The molecule has 0 aliphatic heterocycles. The molecule has 1 fully saturated rings. The maximum Gasteiger partial charge on any atom is 0.472 e. The molecule has 0 heterocycles. The van der Waals surface area contributed by atoms with Gasteiger partial charge in [-0.2, -0.15) is 0 Å². The van der Waals surface area contributed by atoms with Crippen molar-refractivity contribution in [1.82, 2.24) is 5.32 Å². The predicted octanol–water partition coefficient (Wildman–Crippen LogP) is 7.65. The van der Waals surface area contributed by atoms with Crippen LogP contribution < -0.4 is 5.32 Å². The summed E-state index contributed by atoms with van der Waals surface area (Å²) in [5.41, 5.74) is 0. The molecule has 1 rings (SSSR count). The van der Waals surface area contributed by atoms with E-state index in [0.29, 0.717) is 12.8 Å². The summed E-state index contributed by atoms with van der Waals surface area (Å²) in [4.78, 5) is 23.4. The number of phosphoric acid groups is 1. The van der Waals surface area contributed by atoms with Gasteiger partial charge in [-0.15, -0.1) is 0 Å². The van der Waals surface area contributed by atoms with E-state index in [9.17, 15) is 50.0 Å². The van der Waals surface area contributed by atoms with Crippen molar-refractivity contribution >= 4 is 13.7 Å². The molecule has 1 saturated carbocycles. The van der Waals surface area contributed by atoms with Crippen LogP contribution in [0.15, 0.2) is 0 Å². The lowest BCUT2D eigenvalue weighted by Crippen LogP contribution is -2.64. The maximum absolute atomic E-state index is 13.0. The molecular formula is C44H88NO12P. The quantitative estimate of drug-likeness (QED) is 0.0215. The Balaban J connectivity index is 2.47. The van der Waals surface area contributed by atoms with Gasteiger partial charge in [0.25, 0.3) is 0 Å². The van der Waals surface area contributed by atoms with E-state index in [1.165, 1.54) is 122 Å². The minimum atomic E-state index is -5.11. The lowest BCUT2D eigenvalue weighted by molar-refractivity contribution is -0.220. The van der Waals surface area contributed by atoms with Gasteiger partial charge in [-0.25, -0.2) is 4.57 Å². The second-order valence-electron chi connectivity index (χ2n) is 17.2. The van der Waals surface area contributed by atoms with Crippen molar-refractivity contribution in [2.75, 3.05) is 6.61 Å². The van der Waals surface area contributed by atoms with Crippen molar-refractivity contribution in [3.8, 4) is 0 Å². The van der Waals surface area contributed by atoms with Crippen LogP contribution in [0.3, 0.4) is 0 Å². The summed E-state index contributed by atoms with van der Waals surface area (Å²) in [7, 11) is -5.11. The van der Waals surface area contributed by atoms with Crippen LogP contribution in [0.5, 0.6) is 0 Å². The van der Waals surface area contributed by atoms with Crippen LogP contribution in [0, 0.1) is 0 Å². The summed E-state index contributed by atoms with van der Waals surface area (Å²) in [6, 6.07) is -1.15. The zero-order chi connectivity index (χ0) is 43.0. The number of carbonyl (C=O) groups excluding carboxylic acids is 1. The van der Waals surface area contributed by atoms with Gasteiger partial charge in [-0.3, -0.25) is 13.8 Å². The van der Waals surface area contributed by atoms with E-state index in [1.807, 2.05) is 0 Å². The van der Waals surface area contributed by atoms with Crippen molar-refractivity contribution in [3.05, 3.63) is 0 Å². The van der Waals surface area contributed by atoms with E-state index < -0.39 is 75.2 Å². The first-order valence-corrected chi connectivity index (χ1v) is 25.1. The molecule has 8 unspecified atom stereocenters. The molecule has 346 valence electrons. The van der Waals surface area contributed by atoms with Crippen molar-refractivity contribution in [2.24, 2.45) is 0 Å². The van der Waals surface area contributed by atoms with Crippen molar-refractivity contribution in [2.45, 2.75) is 268 Å². The fourth-order valence-electron chi connectivity index (χ4n) is 7.83. The molecule has 58 heavy (non-hydrogen) atoms. The molecule has 0 aromatic heterocycles. The number of unbranched alkanes of at least 4 members (excludes halogenated alkanes) is 26. The van der Waals surface area contributed by atoms with Gasteiger partial charge >= 0.3 is 7.82 Å². The van der Waals surface area contributed by atoms with Gasteiger partial charge in [0, 0.05) is 0 Å². The third-order valence-corrected chi connectivity index (χ3v) is 12.7. The highest BCUT2D eigenvalue weighted by Gasteiger charge is 2.51. The normalized spacial score (nSPS) is 23.7. The summed E-state index contributed by atoms with van der Waals surface area (Å²) >= 11 is 0. The molecule has 0 radical (unpaired) electrons.